The molecule has 0 aromatic rings. The third kappa shape index (κ3) is 3.42. The Morgan fingerprint density at radius 3 is 2.38 bits per heavy atom. The van der Waals surface area contributed by atoms with E-state index in [1.807, 2.05) is 0 Å². The zero-order valence-electron chi connectivity index (χ0n) is 11.0. The Morgan fingerprint density at radius 1 is 1.38 bits per heavy atom. The van der Waals surface area contributed by atoms with E-state index < -0.39 is 0 Å². The van der Waals surface area contributed by atoms with Gasteiger partial charge in [0.15, 0.2) is 0 Å². The smallest absolute Gasteiger partial charge is 0.0678 e. The van der Waals surface area contributed by atoms with Crippen LogP contribution in [0.1, 0.15) is 27.2 Å². The van der Waals surface area contributed by atoms with Gasteiger partial charge >= 0.3 is 0 Å². The normalized spacial score (nSPS) is 31.3. The molecule has 1 saturated heterocycles. The maximum atomic E-state index is 5.93. The third-order valence-electron chi connectivity index (χ3n) is 3.47. The summed E-state index contributed by atoms with van der Waals surface area (Å²) in [7, 11) is 1.74. The van der Waals surface area contributed by atoms with Gasteiger partial charge < -0.3 is 15.2 Å². The van der Waals surface area contributed by atoms with E-state index in [0.717, 1.165) is 26.1 Å². The van der Waals surface area contributed by atoms with Gasteiger partial charge in [-0.3, -0.25) is 4.90 Å². The number of methoxy groups -OCH3 is 1. The largest absolute Gasteiger partial charge is 0.385 e. The summed E-state index contributed by atoms with van der Waals surface area (Å²) in [5.41, 5.74) is 5.96. The van der Waals surface area contributed by atoms with Gasteiger partial charge in [-0.1, -0.05) is 0 Å². The van der Waals surface area contributed by atoms with E-state index in [4.69, 9.17) is 15.2 Å². The molecular weight excluding hydrogens is 204 g/mol. The van der Waals surface area contributed by atoms with Crippen LogP contribution < -0.4 is 5.73 Å². The molecular formula is C12H26N2O2. The van der Waals surface area contributed by atoms with Crippen molar-refractivity contribution in [3.8, 4) is 0 Å². The Bertz CT molecular complexity index is 203. The van der Waals surface area contributed by atoms with E-state index in [1.165, 1.54) is 0 Å². The predicted molar refractivity (Wildman–Crippen MR) is 65.5 cm³/mol. The summed E-state index contributed by atoms with van der Waals surface area (Å²) in [6, 6.07) is 0. The molecule has 96 valence electrons. The van der Waals surface area contributed by atoms with Gasteiger partial charge in [-0.2, -0.15) is 0 Å². The lowest BCUT2D eigenvalue weighted by molar-refractivity contribution is -0.101. The van der Waals surface area contributed by atoms with E-state index in [-0.39, 0.29) is 17.7 Å². The molecule has 0 bridgehead atoms. The van der Waals surface area contributed by atoms with Gasteiger partial charge in [0.1, 0.15) is 0 Å². The van der Waals surface area contributed by atoms with Crippen molar-refractivity contribution in [2.45, 2.75) is 44.9 Å². The first-order chi connectivity index (χ1) is 7.51. The van der Waals surface area contributed by atoms with Gasteiger partial charge in [-0.25, -0.2) is 0 Å². The summed E-state index contributed by atoms with van der Waals surface area (Å²) in [5, 5.41) is 0. The van der Waals surface area contributed by atoms with Crippen molar-refractivity contribution >= 4 is 0 Å². The topological polar surface area (TPSA) is 47.7 Å². The fourth-order valence-electron chi connectivity index (χ4n) is 2.33. The quantitative estimate of drug-likeness (QED) is 0.760. The highest BCUT2D eigenvalue weighted by molar-refractivity contribution is 4.91. The molecule has 0 aliphatic carbocycles. The summed E-state index contributed by atoms with van der Waals surface area (Å²) in [6.07, 6.45) is 1.55. The first kappa shape index (κ1) is 13.9. The summed E-state index contributed by atoms with van der Waals surface area (Å²) in [5.74, 6) is 0. The van der Waals surface area contributed by atoms with Crippen molar-refractivity contribution in [1.82, 2.24) is 4.90 Å². The minimum Gasteiger partial charge on any atom is -0.385 e. The summed E-state index contributed by atoms with van der Waals surface area (Å²) in [6.45, 7) is 9.80. The minimum atomic E-state index is 0.0301. The maximum absolute atomic E-state index is 5.93. The second-order valence-electron chi connectivity index (χ2n) is 5.11. The van der Waals surface area contributed by atoms with Crippen LogP contribution in [-0.4, -0.2) is 56.0 Å². The molecule has 1 aliphatic rings. The van der Waals surface area contributed by atoms with Gasteiger partial charge in [0.05, 0.1) is 12.2 Å². The lowest BCUT2D eigenvalue weighted by Gasteiger charge is -2.46. The average Bonchev–Trinajstić information content (AvgIpc) is 2.24. The van der Waals surface area contributed by atoms with Crippen LogP contribution in [0.3, 0.4) is 0 Å². The Morgan fingerprint density at radius 2 is 1.94 bits per heavy atom. The molecule has 1 aliphatic heterocycles. The Balaban J connectivity index is 2.63. The van der Waals surface area contributed by atoms with Gasteiger partial charge in [-0.15, -0.1) is 0 Å². The fraction of sp³-hybridized carbons (Fsp3) is 1.00. The molecule has 0 radical (unpaired) electrons. The second kappa shape index (κ2) is 5.96. The number of ether oxygens (including phenoxy) is 2. The Labute approximate surface area is 99.1 Å². The van der Waals surface area contributed by atoms with E-state index in [0.29, 0.717) is 6.54 Å². The van der Waals surface area contributed by atoms with Crippen molar-refractivity contribution in [3.05, 3.63) is 0 Å². The molecule has 2 N–H and O–H groups in total. The van der Waals surface area contributed by atoms with Crippen molar-refractivity contribution in [2.24, 2.45) is 5.73 Å². The molecule has 0 amide bonds. The molecule has 0 aromatic carbocycles. The predicted octanol–water partition coefficient (Wildman–Crippen LogP) is 0.850. The molecule has 3 unspecified atom stereocenters. The van der Waals surface area contributed by atoms with E-state index in [9.17, 15) is 0 Å². The van der Waals surface area contributed by atoms with Crippen LogP contribution in [-0.2, 0) is 9.47 Å². The standard InChI is InChI=1S/C12H26N2O2/c1-10-7-14(8-11(2)16-10)12(3,9-13)5-6-15-4/h10-11H,5-9,13H2,1-4H3. The molecule has 4 nitrogen and oxygen atoms in total. The second-order valence-corrected chi connectivity index (χ2v) is 5.11. The van der Waals surface area contributed by atoms with Crippen molar-refractivity contribution < 1.29 is 9.47 Å². The number of nitrogens with two attached hydrogens (primary N) is 1. The first-order valence-corrected chi connectivity index (χ1v) is 6.11. The molecule has 1 fully saturated rings. The molecule has 0 aromatic heterocycles. The Hall–Kier alpha value is -0.160. The molecule has 0 spiro atoms. The number of hydrogen-bond acceptors (Lipinski definition) is 4. The zero-order valence-corrected chi connectivity index (χ0v) is 11.0. The third-order valence-corrected chi connectivity index (χ3v) is 3.47. The van der Waals surface area contributed by atoms with Crippen molar-refractivity contribution in [2.75, 3.05) is 33.4 Å². The van der Waals surface area contributed by atoms with Gasteiger partial charge in [0.25, 0.3) is 0 Å². The van der Waals surface area contributed by atoms with Crippen molar-refractivity contribution in [3.63, 3.8) is 0 Å². The molecule has 4 heteroatoms. The van der Waals surface area contributed by atoms with Gasteiger partial charge in [0.2, 0.25) is 0 Å². The van der Waals surface area contributed by atoms with Crippen LogP contribution in [0.15, 0.2) is 0 Å². The first-order valence-electron chi connectivity index (χ1n) is 6.11. The number of nitrogens with zero attached hydrogens (tertiary/aromatic N) is 1. The SMILES string of the molecule is COCCC(C)(CN)N1CC(C)OC(C)C1. The lowest BCUT2D eigenvalue weighted by Crippen LogP contribution is -2.59. The maximum Gasteiger partial charge on any atom is 0.0678 e. The van der Waals surface area contributed by atoms with Gasteiger partial charge in [0, 0.05) is 38.9 Å². The average molecular weight is 230 g/mol. The monoisotopic (exact) mass is 230 g/mol. The van der Waals surface area contributed by atoms with E-state index in [1.54, 1.807) is 7.11 Å². The molecule has 16 heavy (non-hydrogen) atoms. The van der Waals surface area contributed by atoms with Crippen molar-refractivity contribution in [1.29, 1.82) is 0 Å². The van der Waals surface area contributed by atoms with Crippen LogP contribution in [0, 0.1) is 0 Å². The highest BCUT2D eigenvalue weighted by Gasteiger charge is 2.35. The highest BCUT2D eigenvalue weighted by Crippen LogP contribution is 2.23. The van der Waals surface area contributed by atoms with Gasteiger partial charge in [-0.05, 0) is 27.2 Å². The molecule has 0 saturated carbocycles. The van der Waals surface area contributed by atoms with Crippen LogP contribution >= 0.6 is 0 Å². The lowest BCUT2D eigenvalue weighted by atomic mass is 9.94. The number of morpholine rings is 1. The summed E-state index contributed by atoms with van der Waals surface area (Å²) in [4.78, 5) is 2.45. The molecule has 1 rings (SSSR count). The summed E-state index contributed by atoms with van der Waals surface area (Å²) < 4.78 is 10.9. The zero-order chi connectivity index (χ0) is 12.2. The minimum absolute atomic E-state index is 0.0301. The van der Waals surface area contributed by atoms with Crippen LogP contribution in [0.25, 0.3) is 0 Å². The fourth-order valence-corrected chi connectivity index (χ4v) is 2.33. The Kier molecular flexibility index (Phi) is 5.18. The van der Waals surface area contributed by atoms with E-state index in [2.05, 4.69) is 25.7 Å². The highest BCUT2D eigenvalue weighted by atomic mass is 16.5. The van der Waals surface area contributed by atoms with Crippen LogP contribution in [0.4, 0.5) is 0 Å². The van der Waals surface area contributed by atoms with E-state index >= 15 is 0 Å². The van der Waals surface area contributed by atoms with Crippen LogP contribution in [0.5, 0.6) is 0 Å². The summed E-state index contributed by atoms with van der Waals surface area (Å²) >= 11 is 0. The molecule has 1 heterocycles. The van der Waals surface area contributed by atoms with Crippen LogP contribution in [0.2, 0.25) is 0 Å². The number of rotatable bonds is 5. The number of hydrogen-bond donors (Lipinski definition) is 1. The molecule has 3 atom stereocenters.